The second-order valence-electron chi connectivity index (χ2n) is 11.1. The summed E-state index contributed by atoms with van der Waals surface area (Å²) in [5, 5.41) is 0. The maximum Gasteiger partial charge on any atom is 0.348 e. The largest absolute Gasteiger partial charge is 0.465 e. The van der Waals surface area contributed by atoms with Crippen molar-refractivity contribution in [1.29, 1.82) is 0 Å². The molecule has 1 aliphatic heterocycles. The lowest BCUT2D eigenvalue weighted by molar-refractivity contribution is -0.172. The van der Waals surface area contributed by atoms with Crippen LogP contribution in [0.5, 0.6) is 5.75 Å². The first-order valence-electron chi connectivity index (χ1n) is 12.1. The van der Waals surface area contributed by atoms with Gasteiger partial charge in [0, 0.05) is 12.5 Å². The van der Waals surface area contributed by atoms with Crippen molar-refractivity contribution < 1.29 is 38.1 Å². The van der Waals surface area contributed by atoms with Gasteiger partial charge in [0.15, 0.2) is 6.29 Å². The average molecular weight is 591 g/mol. The van der Waals surface area contributed by atoms with E-state index in [1.165, 1.54) is 0 Å². The fraction of sp³-hybridized carbons (Fsp3) is 0.710. The molecule has 0 spiro atoms. The standard InChI is InChI=1S/C27H39ClO8.4CH4/c1-10-27(28,15-24(3,4)22(30)35-20-21(29)33-16-25(20,5)6)23(31)36-26(7,8)18-11-13-19(14-12-18)34-17(2)32-9;;;;/h11-14,17,20H,10,15-16H2,1-9H3;4*1H4. The highest BCUT2D eigenvalue weighted by Gasteiger charge is 2.51. The zero-order valence-corrected chi connectivity index (χ0v) is 23.5. The summed E-state index contributed by atoms with van der Waals surface area (Å²) in [5.41, 5.74) is -2.07. The minimum atomic E-state index is -1.48. The van der Waals surface area contributed by atoms with Crippen molar-refractivity contribution in [3.05, 3.63) is 29.8 Å². The van der Waals surface area contributed by atoms with Crippen LogP contribution in [0.2, 0.25) is 0 Å². The average Bonchev–Trinajstić information content (AvgIpc) is 3.05. The Hall–Kier alpha value is -2.32. The van der Waals surface area contributed by atoms with Gasteiger partial charge in [-0.15, -0.1) is 11.6 Å². The molecular formula is C31H55ClO8. The molecule has 1 aliphatic rings. The Bertz CT molecular complexity index is 955. The molecule has 2 rings (SSSR count). The first kappa shape index (κ1) is 42.2. The van der Waals surface area contributed by atoms with Crippen LogP contribution in [0.15, 0.2) is 24.3 Å². The Morgan fingerprint density at radius 2 is 1.57 bits per heavy atom. The molecule has 1 heterocycles. The van der Waals surface area contributed by atoms with E-state index in [0.717, 1.165) is 5.56 Å². The van der Waals surface area contributed by atoms with Crippen LogP contribution in [0.3, 0.4) is 0 Å². The van der Waals surface area contributed by atoms with Crippen LogP contribution in [0, 0.1) is 10.8 Å². The minimum Gasteiger partial charge on any atom is -0.465 e. The lowest BCUT2D eigenvalue weighted by Gasteiger charge is -2.36. The number of alkyl halides is 1. The number of halogens is 1. The van der Waals surface area contributed by atoms with E-state index < -0.39 is 51.6 Å². The van der Waals surface area contributed by atoms with Crippen molar-refractivity contribution in [2.45, 2.75) is 121 Å². The van der Waals surface area contributed by atoms with Crippen LogP contribution in [0.1, 0.15) is 104 Å². The summed E-state index contributed by atoms with van der Waals surface area (Å²) < 4.78 is 27.2. The summed E-state index contributed by atoms with van der Waals surface area (Å²) in [6, 6.07) is 7.14. The molecule has 1 saturated heterocycles. The second kappa shape index (κ2) is 15.6. The normalized spacial score (nSPS) is 18.1. The highest BCUT2D eigenvalue weighted by atomic mass is 35.5. The number of carbonyl (C=O) groups excluding carboxylic acids is 3. The number of ether oxygens (including phenoxy) is 5. The maximum absolute atomic E-state index is 13.3. The van der Waals surface area contributed by atoms with Crippen molar-refractivity contribution in [1.82, 2.24) is 0 Å². The molecule has 8 nitrogen and oxygen atoms in total. The van der Waals surface area contributed by atoms with Crippen LogP contribution in [-0.4, -0.2) is 48.9 Å². The van der Waals surface area contributed by atoms with Crippen molar-refractivity contribution >= 4 is 29.5 Å². The van der Waals surface area contributed by atoms with Gasteiger partial charge in [-0.05, 0) is 65.2 Å². The maximum atomic E-state index is 13.3. The smallest absolute Gasteiger partial charge is 0.348 e. The molecule has 1 aromatic carbocycles. The van der Waals surface area contributed by atoms with Crippen LogP contribution in [-0.2, 0) is 38.9 Å². The Kier molecular flexibility index (Phi) is 16.5. The van der Waals surface area contributed by atoms with Gasteiger partial charge in [0.25, 0.3) is 0 Å². The number of methoxy groups -OCH3 is 1. The van der Waals surface area contributed by atoms with Crippen LogP contribution in [0.4, 0.5) is 0 Å². The van der Waals surface area contributed by atoms with E-state index in [9.17, 15) is 14.4 Å². The quantitative estimate of drug-likeness (QED) is 0.112. The zero-order chi connectivity index (χ0) is 27.5. The molecule has 1 aromatic rings. The molecular weight excluding hydrogens is 536 g/mol. The molecule has 3 atom stereocenters. The third-order valence-electron chi connectivity index (χ3n) is 6.47. The van der Waals surface area contributed by atoms with Gasteiger partial charge in [-0.2, -0.15) is 0 Å². The molecule has 0 bridgehead atoms. The zero-order valence-electron chi connectivity index (χ0n) is 22.7. The van der Waals surface area contributed by atoms with E-state index in [0.29, 0.717) is 5.75 Å². The molecule has 9 heteroatoms. The third kappa shape index (κ3) is 9.95. The van der Waals surface area contributed by atoms with Crippen molar-refractivity contribution in [2.24, 2.45) is 10.8 Å². The predicted octanol–water partition coefficient (Wildman–Crippen LogP) is 7.68. The molecule has 0 aliphatic carbocycles. The Morgan fingerprint density at radius 3 is 2.00 bits per heavy atom. The van der Waals surface area contributed by atoms with Gasteiger partial charge in [0.1, 0.15) is 22.8 Å². The Morgan fingerprint density at radius 1 is 1.05 bits per heavy atom. The topological polar surface area (TPSA) is 97.4 Å². The van der Waals surface area contributed by atoms with Gasteiger partial charge in [-0.25, -0.2) is 4.79 Å². The van der Waals surface area contributed by atoms with Gasteiger partial charge in [-0.3, -0.25) is 9.59 Å². The van der Waals surface area contributed by atoms with Crippen molar-refractivity contribution in [2.75, 3.05) is 13.7 Å². The molecule has 0 aromatic heterocycles. The molecule has 234 valence electrons. The SMILES string of the molecule is C.C.C.C.CCC(Cl)(CC(C)(C)C(=O)OC1C(=O)OCC1(C)C)C(=O)OC(C)(C)c1ccc(OC(C)OC)cc1. The number of hydrogen-bond acceptors (Lipinski definition) is 8. The summed E-state index contributed by atoms with van der Waals surface area (Å²) in [4.78, 5) is 36.9. The Balaban J connectivity index is -0.00000342. The Labute approximate surface area is 248 Å². The van der Waals surface area contributed by atoms with Crippen LogP contribution in [0.25, 0.3) is 0 Å². The second-order valence-corrected chi connectivity index (χ2v) is 11.8. The molecule has 0 saturated carbocycles. The molecule has 40 heavy (non-hydrogen) atoms. The number of benzene rings is 1. The van der Waals surface area contributed by atoms with E-state index >= 15 is 0 Å². The fourth-order valence-electron chi connectivity index (χ4n) is 3.87. The molecule has 1 fully saturated rings. The minimum absolute atomic E-state index is 0. The van der Waals surface area contributed by atoms with Gasteiger partial charge in [0.05, 0.1) is 5.41 Å². The van der Waals surface area contributed by atoms with Crippen molar-refractivity contribution in [3.63, 3.8) is 0 Å². The molecule has 0 radical (unpaired) electrons. The van der Waals surface area contributed by atoms with E-state index in [1.54, 1.807) is 86.8 Å². The summed E-state index contributed by atoms with van der Waals surface area (Å²) in [6.07, 6.45) is -1.24. The lowest BCUT2D eigenvalue weighted by Crippen LogP contribution is -2.46. The highest BCUT2D eigenvalue weighted by molar-refractivity contribution is 6.34. The van der Waals surface area contributed by atoms with Gasteiger partial charge in [0.2, 0.25) is 6.10 Å². The highest BCUT2D eigenvalue weighted by Crippen LogP contribution is 2.41. The summed E-state index contributed by atoms with van der Waals surface area (Å²) in [5.74, 6) is -1.24. The molecule has 3 unspecified atom stereocenters. The van der Waals surface area contributed by atoms with Gasteiger partial charge < -0.3 is 23.7 Å². The first-order valence-corrected chi connectivity index (χ1v) is 12.5. The monoisotopic (exact) mass is 590 g/mol. The number of hydrogen-bond donors (Lipinski definition) is 0. The summed E-state index contributed by atoms with van der Waals surface area (Å²) >= 11 is 6.79. The van der Waals surface area contributed by atoms with Gasteiger partial charge >= 0.3 is 17.9 Å². The van der Waals surface area contributed by atoms with E-state index in [4.69, 9.17) is 35.3 Å². The molecule has 0 amide bonds. The van der Waals surface area contributed by atoms with E-state index in [-0.39, 0.29) is 49.2 Å². The number of rotatable bonds is 11. The van der Waals surface area contributed by atoms with E-state index in [1.807, 2.05) is 0 Å². The number of esters is 3. The summed E-state index contributed by atoms with van der Waals surface area (Å²) in [7, 11) is 1.55. The van der Waals surface area contributed by atoms with Crippen molar-refractivity contribution in [3.8, 4) is 5.75 Å². The number of carbonyl (C=O) groups is 3. The summed E-state index contributed by atoms with van der Waals surface area (Å²) in [6.45, 7) is 14.1. The fourth-order valence-corrected chi connectivity index (χ4v) is 4.25. The number of cyclic esters (lactones) is 1. The van der Waals surface area contributed by atoms with Crippen LogP contribution < -0.4 is 4.74 Å². The van der Waals surface area contributed by atoms with Gasteiger partial charge in [-0.1, -0.05) is 62.6 Å². The first-order chi connectivity index (χ1) is 16.5. The van der Waals surface area contributed by atoms with Crippen LogP contribution >= 0.6 is 11.6 Å². The lowest BCUT2D eigenvalue weighted by atomic mass is 9.80. The molecule has 0 N–H and O–H groups in total. The van der Waals surface area contributed by atoms with E-state index in [2.05, 4.69) is 0 Å². The third-order valence-corrected chi connectivity index (χ3v) is 7.02. The predicted molar refractivity (Wildman–Crippen MR) is 161 cm³/mol.